The number of likely N-dealkylation sites (tertiary alicyclic amines) is 1. The van der Waals surface area contributed by atoms with Gasteiger partial charge >= 0.3 is 6.18 Å². The van der Waals surface area contributed by atoms with Gasteiger partial charge in [-0.1, -0.05) is 0 Å². The molecule has 2 N–H and O–H groups in total. The van der Waals surface area contributed by atoms with Crippen LogP contribution < -0.4 is 5.32 Å². The second kappa shape index (κ2) is 5.69. The Morgan fingerprint density at radius 2 is 1.96 bits per heavy atom. The van der Waals surface area contributed by atoms with E-state index in [1.54, 1.807) is 5.10 Å². The Morgan fingerprint density at radius 3 is 2.46 bits per heavy atom. The molecule has 2 aliphatic rings. The number of alkyl halides is 3. The first kappa shape index (κ1) is 18.7. The number of sulfone groups is 1. The number of aromatic nitrogens is 2. The molecule has 26 heavy (non-hydrogen) atoms. The number of H-pyrrole nitrogens is 1. The predicted octanol–water partition coefficient (Wildman–Crippen LogP) is 0.112. The molecule has 2 saturated heterocycles. The van der Waals surface area contributed by atoms with Crippen LogP contribution in [0.15, 0.2) is 0 Å². The highest BCUT2D eigenvalue weighted by atomic mass is 32.2. The first-order valence-electron chi connectivity index (χ1n) is 7.80. The van der Waals surface area contributed by atoms with Gasteiger partial charge in [-0.3, -0.25) is 14.7 Å². The Labute approximate surface area is 147 Å². The summed E-state index contributed by atoms with van der Waals surface area (Å²) >= 11 is 0. The first-order chi connectivity index (χ1) is 11.9. The largest absolute Gasteiger partial charge is 0.433 e. The lowest BCUT2D eigenvalue weighted by Gasteiger charge is -2.49. The molecule has 0 aromatic carbocycles. The average Bonchev–Trinajstić information content (AvgIpc) is 3.01. The van der Waals surface area contributed by atoms with Crippen molar-refractivity contribution in [3.63, 3.8) is 0 Å². The Bertz CT molecular complexity index is 871. The average molecular weight is 394 g/mol. The van der Waals surface area contributed by atoms with Gasteiger partial charge in [-0.2, -0.15) is 18.3 Å². The molecule has 1 atom stereocenters. The summed E-state index contributed by atoms with van der Waals surface area (Å²) in [6, 6.07) is 0. The van der Waals surface area contributed by atoms with Crippen molar-refractivity contribution in [2.75, 3.05) is 25.9 Å². The van der Waals surface area contributed by atoms with Gasteiger partial charge in [-0.25, -0.2) is 8.42 Å². The molecule has 2 fully saturated rings. The number of halogens is 3. The van der Waals surface area contributed by atoms with Gasteiger partial charge in [0.25, 0.3) is 5.91 Å². The Balaban J connectivity index is 1.84. The minimum Gasteiger partial charge on any atom is -0.359 e. The fraction of sp³-hybridized carbons (Fsp3) is 0.643. The third kappa shape index (κ3) is 2.49. The van der Waals surface area contributed by atoms with Crippen molar-refractivity contribution in [3.8, 4) is 0 Å². The van der Waals surface area contributed by atoms with Crippen LogP contribution >= 0.6 is 0 Å². The molecule has 0 bridgehead atoms. The number of hydrogen-bond acceptors (Lipinski definition) is 5. The van der Waals surface area contributed by atoms with Crippen LogP contribution in [0.4, 0.5) is 13.2 Å². The highest BCUT2D eigenvalue weighted by Crippen LogP contribution is 2.45. The van der Waals surface area contributed by atoms with E-state index in [1.807, 2.05) is 0 Å². The van der Waals surface area contributed by atoms with Gasteiger partial charge in [-0.05, 0) is 13.3 Å². The van der Waals surface area contributed by atoms with Gasteiger partial charge in [0.15, 0.2) is 15.5 Å². The zero-order valence-corrected chi connectivity index (χ0v) is 14.8. The van der Waals surface area contributed by atoms with Crippen molar-refractivity contribution < 1.29 is 31.2 Å². The van der Waals surface area contributed by atoms with E-state index in [0.29, 0.717) is 0 Å². The molecule has 12 heteroatoms. The van der Waals surface area contributed by atoms with E-state index in [1.165, 1.54) is 7.05 Å². The Kier molecular flexibility index (Phi) is 4.09. The van der Waals surface area contributed by atoms with Crippen LogP contribution in [0.5, 0.6) is 0 Å². The lowest BCUT2D eigenvalue weighted by atomic mass is 9.82. The van der Waals surface area contributed by atoms with Crippen LogP contribution in [0, 0.1) is 12.8 Å². The van der Waals surface area contributed by atoms with Crippen LogP contribution in [0.1, 0.15) is 28.2 Å². The van der Waals surface area contributed by atoms with Crippen LogP contribution in [0.2, 0.25) is 0 Å². The summed E-state index contributed by atoms with van der Waals surface area (Å²) in [4.78, 5) is 25.6. The Hall–Kier alpha value is -2.11. The van der Waals surface area contributed by atoms with E-state index >= 15 is 0 Å². The van der Waals surface area contributed by atoms with Crippen LogP contribution in [0.3, 0.4) is 0 Å². The smallest absolute Gasteiger partial charge is 0.359 e. The molecule has 0 saturated carbocycles. The Morgan fingerprint density at radius 1 is 1.35 bits per heavy atom. The van der Waals surface area contributed by atoms with Gasteiger partial charge < -0.3 is 10.2 Å². The second-order valence-corrected chi connectivity index (χ2v) is 9.02. The third-order valence-corrected chi connectivity index (χ3v) is 7.75. The molecule has 8 nitrogen and oxygen atoms in total. The number of nitrogens with one attached hydrogen (secondary N) is 2. The summed E-state index contributed by atoms with van der Waals surface area (Å²) < 4.78 is 61.9. The molecule has 2 aliphatic heterocycles. The number of carbonyl (C=O) groups excluding carboxylic acids is 2. The van der Waals surface area contributed by atoms with Crippen molar-refractivity contribution in [1.29, 1.82) is 0 Å². The van der Waals surface area contributed by atoms with Crippen molar-refractivity contribution in [3.05, 3.63) is 17.0 Å². The fourth-order valence-electron chi connectivity index (χ4n) is 3.69. The number of aromatic amines is 1. The minimum absolute atomic E-state index is 0.156. The molecule has 1 aromatic rings. The zero-order valence-electron chi connectivity index (χ0n) is 14.0. The molecule has 3 rings (SSSR count). The van der Waals surface area contributed by atoms with Crippen molar-refractivity contribution in [2.45, 2.75) is 24.3 Å². The standard InChI is InChI=1S/C14H17F3N4O4S/c1-7-9(19-20-10(7)14(15,16)17)12(23)21-5-13(6-21)8(11(22)18-2)3-4-26(13,24)25/h8H,3-6H2,1-2H3,(H,18,22)(H,19,20). The maximum atomic E-state index is 12.8. The molecule has 3 heterocycles. The van der Waals surface area contributed by atoms with Crippen LogP contribution in [0.25, 0.3) is 0 Å². The highest BCUT2D eigenvalue weighted by Gasteiger charge is 2.64. The van der Waals surface area contributed by atoms with Gasteiger partial charge in [0, 0.05) is 25.7 Å². The normalized spacial score (nSPS) is 23.7. The zero-order chi connectivity index (χ0) is 19.5. The van der Waals surface area contributed by atoms with E-state index in [2.05, 4.69) is 10.4 Å². The van der Waals surface area contributed by atoms with Crippen molar-refractivity contribution in [2.24, 2.45) is 5.92 Å². The first-order valence-corrected chi connectivity index (χ1v) is 9.45. The van der Waals surface area contributed by atoms with Gasteiger partial charge in [0.2, 0.25) is 5.91 Å². The molecule has 0 radical (unpaired) electrons. The fourth-order valence-corrected chi connectivity index (χ4v) is 6.01. The summed E-state index contributed by atoms with van der Waals surface area (Å²) in [6.45, 7) is 0.647. The predicted molar refractivity (Wildman–Crippen MR) is 82.9 cm³/mol. The topological polar surface area (TPSA) is 112 Å². The molecule has 1 unspecified atom stereocenters. The van der Waals surface area contributed by atoms with E-state index in [4.69, 9.17) is 0 Å². The lowest BCUT2D eigenvalue weighted by Crippen LogP contribution is -2.70. The summed E-state index contributed by atoms with van der Waals surface area (Å²) in [6.07, 6.45) is -4.52. The maximum Gasteiger partial charge on any atom is 0.433 e. The number of hydrogen-bond donors (Lipinski definition) is 2. The van der Waals surface area contributed by atoms with E-state index in [0.717, 1.165) is 11.8 Å². The summed E-state index contributed by atoms with van der Waals surface area (Å²) in [5, 5.41) is 7.67. The van der Waals surface area contributed by atoms with Gasteiger partial charge in [-0.15, -0.1) is 0 Å². The minimum atomic E-state index is -4.68. The summed E-state index contributed by atoms with van der Waals surface area (Å²) in [7, 11) is -2.20. The highest BCUT2D eigenvalue weighted by molar-refractivity contribution is 7.93. The summed E-state index contributed by atoms with van der Waals surface area (Å²) in [5.41, 5.74) is -1.87. The number of amides is 2. The molecule has 1 aromatic heterocycles. The van der Waals surface area contributed by atoms with Crippen LogP contribution in [-0.4, -0.2) is 66.0 Å². The van der Waals surface area contributed by atoms with Crippen molar-refractivity contribution in [1.82, 2.24) is 20.4 Å². The number of rotatable bonds is 2. The number of nitrogens with zero attached hydrogens (tertiary/aromatic N) is 2. The number of carbonyl (C=O) groups is 2. The molecule has 144 valence electrons. The quantitative estimate of drug-likeness (QED) is 0.740. The molecular formula is C14H17F3N4O4S. The van der Waals surface area contributed by atoms with E-state index in [-0.39, 0.29) is 30.8 Å². The SMILES string of the molecule is CNC(=O)C1CCS(=O)(=O)C12CN(C(=O)c1n[nH]c(C(F)(F)F)c1C)C2. The monoisotopic (exact) mass is 394 g/mol. The second-order valence-electron chi connectivity index (χ2n) is 6.57. The summed E-state index contributed by atoms with van der Waals surface area (Å²) in [5.74, 6) is -2.16. The molecule has 1 spiro atoms. The third-order valence-electron chi connectivity index (χ3n) is 5.19. The molecule has 0 aliphatic carbocycles. The molecular weight excluding hydrogens is 377 g/mol. The van der Waals surface area contributed by atoms with Gasteiger partial charge in [0.05, 0.1) is 11.7 Å². The van der Waals surface area contributed by atoms with E-state index in [9.17, 15) is 31.2 Å². The maximum absolute atomic E-state index is 12.8. The van der Waals surface area contributed by atoms with Crippen molar-refractivity contribution >= 4 is 21.7 Å². The van der Waals surface area contributed by atoms with Crippen LogP contribution in [-0.2, 0) is 20.8 Å². The molecule has 2 amide bonds. The van der Waals surface area contributed by atoms with E-state index < -0.39 is 49.9 Å². The van der Waals surface area contributed by atoms with Gasteiger partial charge in [0.1, 0.15) is 10.4 Å². The lowest BCUT2D eigenvalue weighted by molar-refractivity contribution is -0.141.